The molecule has 2 N–H and O–H groups in total. The van der Waals surface area contributed by atoms with Gasteiger partial charge in [-0.3, -0.25) is 9.59 Å². The van der Waals surface area contributed by atoms with Gasteiger partial charge in [0.15, 0.2) is 0 Å². The number of hydrogen-bond acceptors (Lipinski definition) is 3. The number of hydrogen-bond donors (Lipinski definition) is 2. The average Bonchev–Trinajstić information content (AvgIpc) is 2.51. The van der Waals surface area contributed by atoms with E-state index in [9.17, 15) is 9.59 Å². The Morgan fingerprint density at radius 1 is 1.00 bits per heavy atom. The van der Waals surface area contributed by atoms with E-state index in [0.29, 0.717) is 0 Å². The third kappa shape index (κ3) is 5.13. The number of rotatable bonds is 5. The van der Waals surface area contributed by atoms with E-state index in [1.807, 2.05) is 63.2 Å². The van der Waals surface area contributed by atoms with Crippen LogP contribution in [-0.4, -0.2) is 17.1 Å². The molecule has 1 atom stereocenters. The molecule has 2 rings (SSSR count). The molecule has 0 aliphatic rings. The van der Waals surface area contributed by atoms with Crippen LogP contribution >= 0.6 is 11.8 Å². The lowest BCUT2D eigenvalue weighted by molar-refractivity contribution is -0.115. The molecule has 126 valence electrons. The Balaban J connectivity index is 1.97. The molecule has 4 nitrogen and oxygen atoms in total. The number of benzene rings is 2. The topological polar surface area (TPSA) is 58.2 Å². The number of thioether (sulfide) groups is 1. The molecule has 2 aromatic carbocycles. The van der Waals surface area contributed by atoms with Crippen LogP contribution in [0.15, 0.2) is 47.4 Å². The standard InChI is InChI=1S/C19H22N2O2S/c1-12-5-10-18(13(2)11-12)21-19(23)14(3)24-17-8-6-16(7-9-17)20-15(4)22/h5-11,14H,1-4H3,(H,20,22)(H,21,23). The zero-order valence-electron chi connectivity index (χ0n) is 14.3. The summed E-state index contributed by atoms with van der Waals surface area (Å²) in [5.74, 6) is -0.130. The molecule has 0 fully saturated rings. The monoisotopic (exact) mass is 342 g/mol. The lowest BCUT2D eigenvalue weighted by Crippen LogP contribution is -2.22. The Labute approximate surface area is 147 Å². The van der Waals surface area contributed by atoms with Crippen molar-refractivity contribution < 1.29 is 9.59 Å². The van der Waals surface area contributed by atoms with Gasteiger partial charge in [-0.2, -0.15) is 0 Å². The van der Waals surface area contributed by atoms with E-state index >= 15 is 0 Å². The normalized spacial score (nSPS) is 11.7. The number of nitrogens with one attached hydrogen (secondary N) is 2. The highest BCUT2D eigenvalue weighted by atomic mass is 32.2. The highest BCUT2D eigenvalue weighted by Crippen LogP contribution is 2.26. The van der Waals surface area contributed by atoms with Gasteiger partial charge in [0.25, 0.3) is 0 Å². The Morgan fingerprint density at radius 3 is 2.25 bits per heavy atom. The van der Waals surface area contributed by atoms with Gasteiger partial charge >= 0.3 is 0 Å². The summed E-state index contributed by atoms with van der Waals surface area (Å²) in [6.07, 6.45) is 0. The summed E-state index contributed by atoms with van der Waals surface area (Å²) in [4.78, 5) is 24.4. The third-order valence-corrected chi connectivity index (χ3v) is 4.61. The summed E-state index contributed by atoms with van der Waals surface area (Å²) in [7, 11) is 0. The Bertz CT molecular complexity index is 742. The second-order valence-electron chi connectivity index (χ2n) is 5.77. The van der Waals surface area contributed by atoms with Crippen LogP contribution in [0.25, 0.3) is 0 Å². The molecule has 0 aliphatic heterocycles. The van der Waals surface area contributed by atoms with E-state index in [1.165, 1.54) is 24.2 Å². The van der Waals surface area contributed by atoms with Crippen LogP contribution in [0.5, 0.6) is 0 Å². The van der Waals surface area contributed by atoms with Gasteiger partial charge in [-0.05, 0) is 56.7 Å². The van der Waals surface area contributed by atoms with Crippen LogP contribution in [-0.2, 0) is 9.59 Å². The quantitative estimate of drug-likeness (QED) is 0.793. The molecule has 0 saturated heterocycles. The van der Waals surface area contributed by atoms with Crippen LogP contribution in [0, 0.1) is 13.8 Å². The number of carbonyl (C=O) groups is 2. The Morgan fingerprint density at radius 2 is 1.67 bits per heavy atom. The van der Waals surface area contributed by atoms with Crippen LogP contribution in [0.3, 0.4) is 0 Å². The molecule has 24 heavy (non-hydrogen) atoms. The first kappa shape index (κ1) is 18.1. The fourth-order valence-electron chi connectivity index (χ4n) is 2.27. The van der Waals surface area contributed by atoms with Gasteiger partial charge in [0.1, 0.15) is 0 Å². The lowest BCUT2D eigenvalue weighted by Gasteiger charge is -2.14. The number of amides is 2. The highest BCUT2D eigenvalue weighted by Gasteiger charge is 2.15. The zero-order valence-corrected chi connectivity index (χ0v) is 15.2. The SMILES string of the molecule is CC(=O)Nc1ccc(SC(C)C(=O)Nc2ccc(C)cc2C)cc1. The van der Waals surface area contributed by atoms with Gasteiger partial charge in [0, 0.05) is 23.2 Å². The van der Waals surface area contributed by atoms with E-state index < -0.39 is 0 Å². The van der Waals surface area contributed by atoms with Gasteiger partial charge in [-0.25, -0.2) is 0 Å². The molecule has 2 amide bonds. The van der Waals surface area contributed by atoms with Gasteiger partial charge in [0.2, 0.25) is 11.8 Å². The molecule has 0 spiro atoms. The molecule has 1 unspecified atom stereocenters. The zero-order chi connectivity index (χ0) is 17.7. The highest BCUT2D eigenvalue weighted by molar-refractivity contribution is 8.00. The maximum Gasteiger partial charge on any atom is 0.237 e. The summed E-state index contributed by atoms with van der Waals surface area (Å²) in [6.45, 7) is 7.37. The first-order valence-corrected chi connectivity index (χ1v) is 8.65. The van der Waals surface area contributed by atoms with Crippen molar-refractivity contribution in [1.29, 1.82) is 0 Å². The van der Waals surface area contributed by atoms with Crippen LogP contribution < -0.4 is 10.6 Å². The number of aryl methyl sites for hydroxylation is 2. The molecule has 2 aromatic rings. The minimum atomic E-state index is -0.225. The van der Waals surface area contributed by atoms with Gasteiger partial charge in [-0.15, -0.1) is 11.8 Å². The number of anilines is 2. The summed E-state index contributed by atoms with van der Waals surface area (Å²) < 4.78 is 0. The molecule has 0 aliphatic carbocycles. The van der Waals surface area contributed by atoms with Crippen LogP contribution in [0.4, 0.5) is 11.4 Å². The molecule has 0 heterocycles. The average molecular weight is 342 g/mol. The third-order valence-electron chi connectivity index (χ3n) is 3.50. The van der Waals surface area contributed by atoms with E-state index in [2.05, 4.69) is 10.6 Å². The van der Waals surface area contributed by atoms with Crippen molar-refractivity contribution in [3.63, 3.8) is 0 Å². The Kier molecular flexibility index (Phi) is 6.04. The second kappa shape index (κ2) is 8.02. The van der Waals surface area contributed by atoms with Crippen molar-refractivity contribution in [2.45, 2.75) is 37.8 Å². The summed E-state index contributed by atoms with van der Waals surface area (Å²) in [5.41, 5.74) is 3.82. The summed E-state index contributed by atoms with van der Waals surface area (Å²) in [6, 6.07) is 13.4. The van der Waals surface area contributed by atoms with Crippen molar-refractivity contribution in [3.8, 4) is 0 Å². The van der Waals surface area contributed by atoms with E-state index in [0.717, 1.165) is 21.8 Å². The van der Waals surface area contributed by atoms with E-state index in [4.69, 9.17) is 0 Å². The Hall–Kier alpha value is -2.27. The van der Waals surface area contributed by atoms with E-state index in [-0.39, 0.29) is 17.1 Å². The molecule has 0 aromatic heterocycles. The van der Waals surface area contributed by atoms with Crippen LogP contribution in [0.2, 0.25) is 0 Å². The minimum absolute atomic E-state index is 0.0297. The van der Waals surface area contributed by atoms with Crippen molar-refractivity contribution in [2.24, 2.45) is 0 Å². The first-order chi connectivity index (χ1) is 11.3. The predicted octanol–water partition coefficient (Wildman–Crippen LogP) is 4.38. The van der Waals surface area contributed by atoms with Gasteiger partial charge < -0.3 is 10.6 Å². The molecule has 0 radical (unpaired) electrons. The van der Waals surface area contributed by atoms with Crippen molar-refractivity contribution >= 4 is 35.0 Å². The second-order valence-corrected chi connectivity index (χ2v) is 7.19. The first-order valence-electron chi connectivity index (χ1n) is 7.77. The molecule has 0 saturated carbocycles. The largest absolute Gasteiger partial charge is 0.326 e. The smallest absolute Gasteiger partial charge is 0.237 e. The van der Waals surface area contributed by atoms with E-state index in [1.54, 1.807) is 0 Å². The van der Waals surface area contributed by atoms with Crippen molar-refractivity contribution in [2.75, 3.05) is 10.6 Å². The molecule has 5 heteroatoms. The maximum absolute atomic E-state index is 12.4. The molecule has 0 bridgehead atoms. The molecular weight excluding hydrogens is 320 g/mol. The van der Waals surface area contributed by atoms with Gasteiger partial charge in [-0.1, -0.05) is 17.7 Å². The minimum Gasteiger partial charge on any atom is -0.326 e. The maximum atomic E-state index is 12.4. The lowest BCUT2D eigenvalue weighted by atomic mass is 10.1. The predicted molar refractivity (Wildman–Crippen MR) is 101 cm³/mol. The fourth-order valence-corrected chi connectivity index (χ4v) is 3.13. The van der Waals surface area contributed by atoms with Crippen molar-refractivity contribution in [3.05, 3.63) is 53.6 Å². The number of carbonyl (C=O) groups excluding carboxylic acids is 2. The molecular formula is C19H22N2O2S. The van der Waals surface area contributed by atoms with Crippen LogP contribution in [0.1, 0.15) is 25.0 Å². The summed E-state index contributed by atoms with van der Waals surface area (Å²) in [5, 5.41) is 5.48. The van der Waals surface area contributed by atoms with Gasteiger partial charge in [0.05, 0.1) is 5.25 Å². The fraction of sp³-hybridized carbons (Fsp3) is 0.263. The van der Waals surface area contributed by atoms with Crippen molar-refractivity contribution in [1.82, 2.24) is 0 Å². The summed E-state index contributed by atoms with van der Waals surface area (Å²) >= 11 is 1.48.